The van der Waals surface area contributed by atoms with Crippen molar-refractivity contribution in [2.75, 3.05) is 11.9 Å². The number of nitrogens with one attached hydrogen (secondary N) is 2. The molecule has 2 rings (SSSR count). The lowest BCUT2D eigenvalue weighted by Gasteiger charge is -2.12. The fourth-order valence-corrected chi connectivity index (χ4v) is 2.40. The van der Waals surface area contributed by atoms with Crippen molar-refractivity contribution in [2.45, 2.75) is 13.0 Å². The van der Waals surface area contributed by atoms with E-state index in [-0.39, 0.29) is 24.2 Å². The Hall–Kier alpha value is -1.72. The van der Waals surface area contributed by atoms with Crippen LogP contribution in [0.1, 0.15) is 17.8 Å². The van der Waals surface area contributed by atoms with E-state index < -0.39 is 5.82 Å². The Balaban J connectivity index is 1.84. The van der Waals surface area contributed by atoms with E-state index in [1.54, 1.807) is 23.5 Å². The van der Waals surface area contributed by atoms with Crippen LogP contribution in [0, 0.1) is 5.82 Å². The SMILES string of the molecule is CC(NCC(=O)Nc1ccccc1F)c1cccs1. The first-order valence-corrected chi connectivity index (χ1v) is 6.86. The summed E-state index contributed by atoms with van der Waals surface area (Å²) < 4.78 is 13.3. The number of rotatable bonds is 5. The largest absolute Gasteiger partial charge is 0.322 e. The number of benzene rings is 1. The molecule has 3 nitrogen and oxygen atoms in total. The Morgan fingerprint density at radius 1 is 1.32 bits per heavy atom. The number of carbonyl (C=O) groups is 1. The van der Waals surface area contributed by atoms with Gasteiger partial charge in [-0.25, -0.2) is 4.39 Å². The van der Waals surface area contributed by atoms with E-state index in [4.69, 9.17) is 0 Å². The van der Waals surface area contributed by atoms with E-state index in [0.29, 0.717) is 0 Å². The maximum atomic E-state index is 13.3. The number of hydrogen-bond acceptors (Lipinski definition) is 3. The Bertz CT molecular complexity index is 542. The smallest absolute Gasteiger partial charge is 0.238 e. The quantitative estimate of drug-likeness (QED) is 0.882. The van der Waals surface area contributed by atoms with Crippen LogP contribution in [0.2, 0.25) is 0 Å². The predicted octanol–water partition coefficient (Wildman–Crippen LogP) is 3.18. The highest BCUT2D eigenvalue weighted by Gasteiger charge is 2.09. The van der Waals surface area contributed by atoms with Crippen LogP contribution in [0.4, 0.5) is 10.1 Å². The number of para-hydroxylation sites is 1. The van der Waals surface area contributed by atoms with Gasteiger partial charge in [0, 0.05) is 10.9 Å². The van der Waals surface area contributed by atoms with Crippen molar-refractivity contribution in [3.05, 3.63) is 52.5 Å². The minimum Gasteiger partial charge on any atom is -0.322 e. The molecule has 1 atom stereocenters. The average Bonchev–Trinajstić information content (AvgIpc) is 2.93. The summed E-state index contributed by atoms with van der Waals surface area (Å²) in [6.45, 7) is 2.13. The Morgan fingerprint density at radius 2 is 2.11 bits per heavy atom. The summed E-state index contributed by atoms with van der Waals surface area (Å²) in [5, 5.41) is 7.63. The lowest BCUT2D eigenvalue weighted by Crippen LogP contribution is -2.30. The summed E-state index contributed by atoms with van der Waals surface area (Å²) in [6, 6.07) is 10.2. The molecule has 0 fully saturated rings. The minimum absolute atomic E-state index is 0.103. The first kappa shape index (κ1) is 13.7. The zero-order valence-electron chi connectivity index (χ0n) is 10.5. The molecular formula is C14H15FN2OS. The van der Waals surface area contributed by atoms with Gasteiger partial charge in [0.15, 0.2) is 0 Å². The van der Waals surface area contributed by atoms with Crippen molar-refractivity contribution in [1.29, 1.82) is 0 Å². The first-order valence-electron chi connectivity index (χ1n) is 5.98. The minimum atomic E-state index is -0.429. The third kappa shape index (κ3) is 3.87. The van der Waals surface area contributed by atoms with E-state index in [2.05, 4.69) is 10.6 Å². The van der Waals surface area contributed by atoms with Crippen LogP contribution >= 0.6 is 11.3 Å². The van der Waals surface area contributed by atoms with Crippen molar-refractivity contribution in [3.63, 3.8) is 0 Å². The molecule has 19 heavy (non-hydrogen) atoms. The van der Waals surface area contributed by atoms with Crippen molar-refractivity contribution >= 4 is 22.9 Å². The topological polar surface area (TPSA) is 41.1 Å². The zero-order chi connectivity index (χ0) is 13.7. The molecule has 0 saturated heterocycles. The maximum Gasteiger partial charge on any atom is 0.238 e. The molecule has 0 bridgehead atoms. The molecule has 1 heterocycles. The number of amides is 1. The third-order valence-electron chi connectivity index (χ3n) is 2.69. The van der Waals surface area contributed by atoms with Crippen LogP contribution in [0.15, 0.2) is 41.8 Å². The number of halogens is 1. The lowest BCUT2D eigenvalue weighted by molar-refractivity contribution is -0.115. The number of anilines is 1. The van der Waals surface area contributed by atoms with Gasteiger partial charge in [-0.15, -0.1) is 11.3 Å². The highest BCUT2D eigenvalue weighted by atomic mass is 32.1. The fourth-order valence-electron chi connectivity index (χ4n) is 1.64. The molecule has 0 aliphatic carbocycles. The molecule has 5 heteroatoms. The second kappa shape index (κ2) is 6.45. The molecular weight excluding hydrogens is 263 g/mol. The summed E-state index contributed by atoms with van der Waals surface area (Å²) in [6.07, 6.45) is 0. The van der Waals surface area contributed by atoms with Gasteiger partial charge in [-0.2, -0.15) is 0 Å². The highest BCUT2D eigenvalue weighted by Crippen LogP contribution is 2.17. The van der Waals surface area contributed by atoms with E-state index >= 15 is 0 Å². The highest BCUT2D eigenvalue weighted by molar-refractivity contribution is 7.10. The third-order valence-corrected chi connectivity index (χ3v) is 3.74. The normalized spacial score (nSPS) is 12.1. The molecule has 2 N–H and O–H groups in total. The standard InChI is InChI=1S/C14H15FN2OS/c1-10(13-7-4-8-19-13)16-9-14(18)17-12-6-3-2-5-11(12)15/h2-8,10,16H,9H2,1H3,(H,17,18). The molecule has 1 aromatic heterocycles. The van der Waals surface area contributed by atoms with Gasteiger partial charge in [0.2, 0.25) is 5.91 Å². The summed E-state index contributed by atoms with van der Waals surface area (Å²) >= 11 is 1.63. The van der Waals surface area contributed by atoms with Crippen molar-refractivity contribution in [2.24, 2.45) is 0 Å². The van der Waals surface area contributed by atoms with E-state index in [0.717, 1.165) is 0 Å². The van der Waals surface area contributed by atoms with Gasteiger partial charge in [-0.1, -0.05) is 18.2 Å². The number of hydrogen-bond donors (Lipinski definition) is 2. The molecule has 0 aliphatic heterocycles. The summed E-state index contributed by atoms with van der Waals surface area (Å²) in [5.41, 5.74) is 0.207. The molecule has 0 aliphatic rings. The van der Waals surface area contributed by atoms with Crippen LogP contribution in [0.25, 0.3) is 0 Å². The number of thiophene rings is 1. The summed E-state index contributed by atoms with van der Waals surface area (Å²) in [5.74, 6) is -0.685. The predicted molar refractivity (Wildman–Crippen MR) is 75.8 cm³/mol. The van der Waals surface area contributed by atoms with Crippen LogP contribution in [-0.4, -0.2) is 12.5 Å². The van der Waals surface area contributed by atoms with Crippen LogP contribution in [-0.2, 0) is 4.79 Å². The lowest BCUT2D eigenvalue weighted by atomic mass is 10.2. The summed E-state index contributed by atoms with van der Waals surface area (Å²) in [4.78, 5) is 12.9. The van der Waals surface area contributed by atoms with Gasteiger partial charge >= 0.3 is 0 Å². The zero-order valence-corrected chi connectivity index (χ0v) is 11.3. The van der Waals surface area contributed by atoms with Crippen LogP contribution in [0.5, 0.6) is 0 Å². The molecule has 100 valence electrons. The molecule has 1 amide bonds. The maximum absolute atomic E-state index is 13.3. The molecule has 1 aromatic carbocycles. The van der Waals surface area contributed by atoms with Crippen LogP contribution in [0.3, 0.4) is 0 Å². The van der Waals surface area contributed by atoms with Gasteiger partial charge < -0.3 is 10.6 Å². The van der Waals surface area contributed by atoms with E-state index in [1.165, 1.54) is 17.0 Å². The first-order chi connectivity index (χ1) is 9.16. The van der Waals surface area contributed by atoms with Gasteiger partial charge in [0.25, 0.3) is 0 Å². The molecule has 0 spiro atoms. The van der Waals surface area contributed by atoms with E-state index in [9.17, 15) is 9.18 Å². The fraction of sp³-hybridized carbons (Fsp3) is 0.214. The van der Waals surface area contributed by atoms with E-state index in [1.807, 2.05) is 24.4 Å². The van der Waals surface area contributed by atoms with Crippen molar-refractivity contribution < 1.29 is 9.18 Å². The molecule has 0 saturated carbocycles. The van der Waals surface area contributed by atoms with Crippen molar-refractivity contribution in [1.82, 2.24) is 5.32 Å². The Labute approximate surface area is 115 Å². The molecule has 0 radical (unpaired) electrons. The van der Waals surface area contributed by atoms with Crippen molar-refractivity contribution in [3.8, 4) is 0 Å². The molecule has 1 unspecified atom stereocenters. The monoisotopic (exact) mass is 278 g/mol. The molecule has 2 aromatic rings. The second-order valence-electron chi connectivity index (χ2n) is 4.15. The van der Waals surface area contributed by atoms with Gasteiger partial charge in [-0.05, 0) is 30.5 Å². The van der Waals surface area contributed by atoms with Gasteiger partial charge in [0.05, 0.1) is 12.2 Å². The van der Waals surface area contributed by atoms with Crippen LogP contribution < -0.4 is 10.6 Å². The Kier molecular flexibility index (Phi) is 4.65. The summed E-state index contributed by atoms with van der Waals surface area (Å²) in [7, 11) is 0. The Morgan fingerprint density at radius 3 is 2.79 bits per heavy atom. The second-order valence-corrected chi connectivity index (χ2v) is 5.13. The average molecular weight is 278 g/mol. The van der Waals surface area contributed by atoms with Gasteiger partial charge in [0.1, 0.15) is 5.82 Å². The van der Waals surface area contributed by atoms with Gasteiger partial charge in [-0.3, -0.25) is 4.79 Å². The number of carbonyl (C=O) groups excluding carboxylic acids is 1.